The summed E-state index contributed by atoms with van der Waals surface area (Å²) in [6.45, 7) is 8.54. The summed E-state index contributed by atoms with van der Waals surface area (Å²) in [4.78, 5) is 17.7. The van der Waals surface area contributed by atoms with Crippen LogP contribution in [0.2, 0.25) is 0 Å². The number of hydrogen-bond acceptors (Lipinski definition) is 4. The maximum Gasteiger partial charge on any atom is 0.338 e. The number of nitrogens with zero attached hydrogens (tertiary/aromatic N) is 2. The van der Waals surface area contributed by atoms with Gasteiger partial charge in [-0.25, -0.2) is 9.78 Å². The van der Waals surface area contributed by atoms with Gasteiger partial charge in [-0.3, -0.25) is 0 Å². The van der Waals surface area contributed by atoms with Crippen molar-refractivity contribution in [2.75, 3.05) is 18.6 Å². The van der Waals surface area contributed by atoms with Gasteiger partial charge in [0, 0.05) is 18.8 Å². The Morgan fingerprint density at radius 1 is 1.65 bits per heavy atom. The van der Waals surface area contributed by atoms with Crippen LogP contribution in [0.4, 0.5) is 5.82 Å². The van der Waals surface area contributed by atoms with Gasteiger partial charge in [-0.2, -0.15) is 0 Å². The highest BCUT2D eigenvalue weighted by molar-refractivity contribution is 5.90. The van der Waals surface area contributed by atoms with E-state index >= 15 is 0 Å². The average molecular weight is 234 g/mol. The molecule has 0 aromatic carbocycles. The second-order valence-corrected chi connectivity index (χ2v) is 3.93. The molecule has 0 amide bonds. The molecule has 0 aliphatic carbocycles. The summed E-state index contributed by atoms with van der Waals surface area (Å²) in [6.07, 6.45) is 3.42. The molecule has 0 bridgehead atoms. The van der Waals surface area contributed by atoms with Gasteiger partial charge in [-0.1, -0.05) is 6.08 Å². The topological polar surface area (TPSA) is 42.4 Å². The Morgan fingerprint density at radius 2 is 2.35 bits per heavy atom. The summed E-state index contributed by atoms with van der Waals surface area (Å²) >= 11 is 0. The molecule has 0 aliphatic heterocycles. The van der Waals surface area contributed by atoms with E-state index in [0.717, 1.165) is 5.82 Å². The van der Waals surface area contributed by atoms with Crippen LogP contribution in [0.1, 0.15) is 24.2 Å². The van der Waals surface area contributed by atoms with Crippen molar-refractivity contribution in [2.24, 2.45) is 0 Å². The SMILES string of the molecule is C=CCN(c1cc(C(=O)OC)ccn1)C(C)C. The van der Waals surface area contributed by atoms with Crippen LogP contribution >= 0.6 is 0 Å². The van der Waals surface area contributed by atoms with E-state index in [4.69, 9.17) is 0 Å². The zero-order valence-corrected chi connectivity index (χ0v) is 10.5. The lowest BCUT2D eigenvalue weighted by Gasteiger charge is -2.26. The molecule has 0 fully saturated rings. The first-order valence-electron chi connectivity index (χ1n) is 5.52. The Kier molecular flexibility index (Phi) is 4.69. The molecular weight excluding hydrogens is 216 g/mol. The first-order valence-corrected chi connectivity index (χ1v) is 5.52. The molecule has 92 valence electrons. The number of rotatable bonds is 5. The molecule has 0 radical (unpaired) electrons. The van der Waals surface area contributed by atoms with Crippen molar-refractivity contribution in [2.45, 2.75) is 19.9 Å². The van der Waals surface area contributed by atoms with Crippen LogP contribution in [0.3, 0.4) is 0 Å². The minimum atomic E-state index is -0.351. The van der Waals surface area contributed by atoms with Crippen molar-refractivity contribution >= 4 is 11.8 Å². The fourth-order valence-corrected chi connectivity index (χ4v) is 1.53. The molecule has 4 heteroatoms. The smallest absolute Gasteiger partial charge is 0.338 e. The Labute approximate surface area is 102 Å². The van der Waals surface area contributed by atoms with Crippen LogP contribution in [-0.2, 0) is 4.74 Å². The number of carbonyl (C=O) groups excluding carboxylic acids is 1. The largest absolute Gasteiger partial charge is 0.465 e. The second kappa shape index (κ2) is 6.03. The maximum atomic E-state index is 11.4. The molecule has 0 unspecified atom stereocenters. The Hall–Kier alpha value is -1.84. The molecule has 0 spiro atoms. The standard InChI is InChI=1S/C13H18N2O2/c1-5-8-15(10(2)3)12-9-11(6-7-14-12)13(16)17-4/h5-7,9-10H,1,8H2,2-4H3. The molecule has 1 aromatic heterocycles. The Balaban J connectivity index is 3.03. The number of ether oxygens (including phenoxy) is 1. The van der Waals surface area contributed by atoms with E-state index in [1.54, 1.807) is 18.3 Å². The lowest BCUT2D eigenvalue weighted by molar-refractivity contribution is 0.0600. The van der Waals surface area contributed by atoms with Gasteiger partial charge in [0.25, 0.3) is 0 Å². The molecule has 0 saturated carbocycles. The zero-order valence-electron chi connectivity index (χ0n) is 10.5. The second-order valence-electron chi connectivity index (χ2n) is 3.93. The van der Waals surface area contributed by atoms with E-state index in [-0.39, 0.29) is 12.0 Å². The number of aromatic nitrogens is 1. The summed E-state index contributed by atoms with van der Waals surface area (Å²) in [5, 5.41) is 0. The molecular formula is C13H18N2O2. The normalized spacial score (nSPS) is 10.1. The van der Waals surface area contributed by atoms with E-state index < -0.39 is 0 Å². The van der Waals surface area contributed by atoms with Crippen LogP contribution in [0.25, 0.3) is 0 Å². The lowest BCUT2D eigenvalue weighted by Crippen LogP contribution is -2.31. The minimum absolute atomic E-state index is 0.286. The molecule has 1 heterocycles. The summed E-state index contributed by atoms with van der Waals surface area (Å²) in [7, 11) is 1.37. The third kappa shape index (κ3) is 3.31. The molecule has 1 aromatic rings. The number of pyridine rings is 1. The average Bonchev–Trinajstić information content (AvgIpc) is 2.34. The molecule has 0 saturated heterocycles. The van der Waals surface area contributed by atoms with Crippen molar-refractivity contribution in [1.82, 2.24) is 4.98 Å². The number of esters is 1. The van der Waals surface area contributed by atoms with Crippen molar-refractivity contribution in [3.8, 4) is 0 Å². The van der Waals surface area contributed by atoms with E-state index in [2.05, 4.69) is 35.0 Å². The predicted molar refractivity (Wildman–Crippen MR) is 68.3 cm³/mol. The maximum absolute atomic E-state index is 11.4. The van der Waals surface area contributed by atoms with Crippen molar-refractivity contribution < 1.29 is 9.53 Å². The molecule has 0 N–H and O–H groups in total. The molecule has 17 heavy (non-hydrogen) atoms. The van der Waals surface area contributed by atoms with E-state index in [9.17, 15) is 4.79 Å². The van der Waals surface area contributed by atoms with Gasteiger partial charge >= 0.3 is 5.97 Å². The summed E-state index contributed by atoms with van der Waals surface area (Å²) in [5.41, 5.74) is 0.507. The van der Waals surface area contributed by atoms with Crippen molar-refractivity contribution in [3.63, 3.8) is 0 Å². The van der Waals surface area contributed by atoms with Gasteiger partial charge in [-0.05, 0) is 26.0 Å². The lowest BCUT2D eigenvalue weighted by atomic mass is 10.2. The van der Waals surface area contributed by atoms with Gasteiger partial charge < -0.3 is 9.64 Å². The Morgan fingerprint density at radius 3 is 2.88 bits per heavy atom. The van der Waals surface area contributed by atoms with Crippen LogP contribution in [0.15, 0.2) is 31.0 Å². The quantitative estimate of drug-likeness (QED) is 0.579. The molecule has 0 aliphatic rings. The monoisotopic (exact) mass is 234 g/mol. The third-order valence-corrected chi connectivity index (χ3v) is 2.41. The summed E-state index contributed by atoms with van der Waals surface area (Å²) < 4.78 is 4.69. The number of carbonyl (C=O) groups is 1. The molecule has 1 rings (SSSR count). The van der Waals surface area contributed by atoms with Gasteiger partial charge in [0.2, 0.25) is 0 Å². The highest BCUT2D eigenvalue weighted by atomic mass is 16.5. The first-order chi connectivity index (χ1) is 8.10. The van der Waals surface area contributed by atoms with Crippen LogP contribution in [-0.4, -0.2) is 30.6 Å². The Bertz CT molecular complexity index is 402. The van der Waals surface area contributed by atoms with Crippen molar-refractivity contribution in [3.05, 3.63) is 36.5 Å². The first kappa shape index (κ1) is 13.2. The fourth-order valence-electron chi connectivity index (χ4n) is 1.53. The van der Waals surface area contributed by atoms with Gasteiger partial charge in [-0.15, -0.1) is 6.58 Å². The van der Waals surface area contributed by atoms with Crippen molar-refractivity contribution in [1.29, 1.82) is 0 Å². The summed E-state index contributed by atoms with van der Waals surface area (Å²) in [5.74, 6) is 0.402. The third-order valence-electron chi connectivity index (χ3n) is 2.41. The van der Waals surface area contributed by atoms with E-state index in [1.165, 1.54) is 7.11 Å². The number of methoxy groups -OCH3 is 1. The fraction of sp³-hybridized carbons (Fsp3) is 0.385. The van der Waals surface area contributed by atoms with Gasteiger partial charge in [0.1, 0.15) is 5.82 Å². The zero-order chi connectivity index (χ0) is 12.8. The van der Waals surface area contributed by atoms with Crippen LogP contribution in [0.5, 0.6) is 0 Å². The highest BCUT2D eigenvalue weighted by Gasteiger charge is 2.13. The van der Waals surface area contributed by atoms with Gasteiger partial charge in [0.15, 0.2) is 0 Å². The van der Waals surface area contributed by atoms with Crippen LogP contribution < -0.4 is 4.90 Å². The molecule has 0 atom stereocenters. The molecule has 4 nitrogen and oxygen atoms in total. The predicted octanol–water partition coefficient (Wildman–Crippen LogP) is 2.27. The summed E-state index contributed by atoms with van der Waals surface area (Å²) in [6, 6.07) is 3.66. The van der Waals surface area contributed by atoms with E-state index in [0.29, 0.717) is 12.1 Å². The minimum Gasteiger partial charge on any atom is -0.465 e. The van der Waals surface area contributed by atoms with E-state index in [1.807, 2.05) is 6.08 Å². The number of anilines is 1. The van der Waals surface area contributed by atoms with Gasteiger partial charge in [0.05, 0.1) is 12.7 Å². The highest BCUT2D eigenvalue weighted by Crippen LogP contribution is 2.16. The van der Waals surface area contributed by atoms with Crippen LogP contribution in [0, 0.1) is 0 Å². The number of hydrogen-bond donors (Lipinski definition) is 0.